The average Bonchev–Trinajstić information content (AvgIpc) is 3.14. The summed E-state index contributed by atoms with van der Waals surface area (Å²) in [6.07, 6.45) is 7.28. The average molecular weight is 316 g/mol. The van der Waals surface area contributed by atoms with E-state index < -0.39 is 0 Å². The normalized spacial score (nSPS) is 29.3. The molecular weight excluding hydrogens is 292 g/mol. The van der Waals surface area contributed by atoms with Crippen LogP contribution in [0.25, 0.3) is 11.2 Å². The predicted molar refractivity (Wildman–Crippen MR) is 88.0 cm³/mol. The minimum Gasteiger partial charge on any atom is -0.382 e. The van der Waals surface area contributed by atoms with E-state index in [9.17, 15) is 0 Å². The van der Waals surface area contributed by atoms with Crippen molar-refractivity contribution >= 4 is 17.0 Å². The Kier molecular flexibility index (Phi) is 3.90. The minimum atomic E-state index is 0.407. The van der Waals surface area contributed by atoms with Gasteiger partial charge >= 0.3 is 0 Å². The second-order valence-electron chi connectivity index (χ2n) is 6.86. The Morgan fingerprint density at radius 2 is 2.22 bits per heavy atom. The molecule has 2 aromatic rings. The molecule has 4 heterocycles. The second-order valence-corrected chi connectivity index (χ2v) is 6.86. The fraction of sp³-hybridized carbons (Fsp3) is 0.688. The van der Waals surface area contributed by atoms with Crippen LogP contribution in [0.3, 0.4) is 0 Å². The van der Waals surface area contributed by atoms with Crippen LogP contribution in [0.4, 0.5) is 5.82 Å². The first kappa shape index (κ1) is 14.8. The number of nitrogen functional groups attached to an aromatic ring is 1. The number of ether oxygens (including phenoxy) is 1. The molecule has 3 atom stereocenters. The van der Waals surface area contributed by atoms with Gasteiger partial charge in [-0.25, -0.2) is 15.0 Å². The van der Waals surface area contributed by atoms with Gasteiger partial charge in [-0.2, -0.15) is 0 Å². The van der Waals surface area contributed by atoms with Gasteiger partial charge in [0.2, 0.25) is 0 Å². The summed E-state index contributed by atoms with van der Waals surface area (Å²) in [5.41, 5.74) is 7.45. The zero-order valence-corrected chi connectivity index (χ0v) is 13.6. The van der Waals surface area contributed by atoms with Gasteiger partial charge in [0.05, 0.1) is 18.5 Å². The lowest BCUT2D eigenvalue weighted by molar-refractivity contribution is -0.00415. The number of rotatable bonds is 3. The SMILES string of the molecule is CC1CC(CN2CCC(n3cnc4c(N)ncnc43)C2)CCO1. The molecule has 7 heteroatoms. The van der Waals surface area contributed by atoms with Crippen LogP contribution in [0.15, 0.2) is 12.7 Å². The summed E-state index contributed by atoms with van der Waals surface area (Å²) in [7, 11) is 0. The summed E-state index contributed by atoms with van der Waals surface area (Å²) in [5.74, 6) is 1.22. The van der Waals surface area contributed by atoms with Gasteiger partial charge in [-0.3, -0.25) is 0 Å². The van der Waals surface area contributed by atoms with Crippen molar-refractivity contribution in [2.75, 3.05) is 32.0 Å². The highest BCUT2D eigenvalue weighted by Gasteiger charge is 2.29. The van der Waals surface area contributed by atoms with E-state index >= 15 is 0 Å². The Hall–Kier alpha value is -1.73. The number of likely N-dealkylation sites (tertiary alicyclic amines) is 1. The van der Waals surface area contributed by atoms with Crippen molar-refractivity contribution in [1.29, 1.82) is 0 Å². The van der Waals surface area contributed by atoms with Crippen LogP contribution >= 0.6 is 0 Å². The zero-order valence-electron chi connectivity index (χ0n) is 13.6. The summed E-state index contributed by atoms with van der Waals surface area (Å²) in [6, 6.07) is 0.423. The van der Waals surface area contributed by atoms with Crippen molar-refractivity contribution in [2.24, 2.45) is 5.92 Å². The lowest BCUT2D eigenvalue weighted by Crippen LogP contribution is -2.33. The van der Waals surface area contributed by atoms with Gasteiger partial charge in [0.1, 0.15) is 11.8 Å². The summed E-state index contributed by atoms with van der Waals surface area (Å²) >= 11 is 0. The summed E-state index contributed by atoms with van der Waals surface area (Å²) in [5, 5.41) is 0. The van der Waals surface area contributed by atoms with E-state index in [1.165, 1.54) is 25.7 Å². The second kappa shape index (κ2) is 6.05. The molecule has 0 bridgehead atoms. The molecule has 0 amide bonds. The van der Waals surface area contributed by atoms with E-state index in [4.69, 9.17) is 10.5 Å². The summed E-state index contributed by atoms with van der Waals surface area (Å²) in [4.78, 5) is 15.4. The van der Waals surface area contributed by atoms with Gasteiger partial charge < -0.3 is 19.9 Å². The van der Waals surface area contributed by atoms with Crippen LogP contribution in [0, 0.1) is 5.92 Å². The van der Waals surface area contributed by atoms with Gasteiger partial charge in [0.25, 0.3) is 0 Å². The highest BCUT2D eigenvalue weighted by atomic mass is 16.5. The van der Waals surface area contributed by atoms with Crippen molar-refractivity contribution in [3.8, 4) is 0 Å². The van der Waals surface area contributed by atoms with E-state index in [0.29, 0.717) is 23.5 Å². The molecule has 2 aliphatic heterocycles. The summed E-state index contributed by atoms with van der Waals surface area (Å²) in [6.45, 7) is 6.46. The molecule has 3 unspecified atom stereocenters. The standard InChI is InChI=1S/C16H24N6O/c1-11-6-12(3-5-23-11)7-21-4-2-13(8-21)22-10-20-14-15(17)18-9-19-16(14)22/h9-13H,2-8H2,1H3,(H2,17,18,19). The third-order valence-electron chi connectivity index (χ3n) is 5.14. The molecule has 2 aliphatic rings. The Balaban J connectivity index is 1.44. The highest BCUT2D eigenvalue weighted by molar-refractivity contribution is 5.81. The fourth-order valence-electron chi connectivity index (χ4n) is 3.96. The quantitative estimate of drug-likeness (QED) is 0.923. The van der Waals surface area contributed by atoms with Crippen molar-refractivity contribution in [3.63, 3.8) is 0 Å². The van der Waals surface area contributed by atoms with Crippen LogP contribution in [-0.2, 0) is 4.74 Å². The molecule has 2 N–H and O–H groups in total. The van der Waals surface area contributed by atoms with Gasteiger partial charge in [-0.05, 0) is 32.1 Å². The van der Waals surface area contributed by atoms with Crippen molar-refractivity contribution in [2.45, 2.75) is 38.3 Å². The molecule has 0 aromatic carbocycles. The molecule has 4 rings (SSSR count). The molecule has 0 spiro atoms. The van der Waals surface area contributed by atoms with Gasteiger partial charge in [-0.15, -0.1) is 0 Å². The van der Waals surface area contributed by atoms with Crippen LogP contribution < -0.4 is 5.73 Å². The highest BCUT2D eigenvalue weighted by Crippen LogP contribution is 2.28. The van der Waals surface area contributed by atoms with Crippen molar-refractivity contribution in [3.05, 3.63) is 12.7 Å². The van der Waals surface area contributed by atoms with E-state index in [2.05, 4.69) is 31.3 Å². The van der Waals surface area contributed by atoms with E-state index in [-0.39, 0.29) is 0 Å². The summed E-state index contributed by atoms with van der Waals surface area (Å²) < 4.78 is 7.82. The van der Waals surface area contributed by atoms with Crippen molar-refractivity contribution in [1.82, 2.24) is 24.4 Å². The number of fused-ring (bicyclic) bond motifs is 1. The minimum absolute atomic E-state index is 0.407. The largest absolute Gasteiger partial charge is 0.382 e. The molecule has 0 saturated carbocycles. The maximum atomic E-state index is 5.88. The van der Waals surface area contributed by atoms with Crippen LogP contribution in [0.1, 0.15) is 32.2 Å². The molecule has 2 saturated heterocycles. The lowest BCUT2D eigenvalue weighted by Gasteiger charge is -2.30. The number of hydrogen-bond donors (Lipinski definition) is 1. The van der Waals surface area contributed by atoms with Crippen LogP contribution in [0.2, 0.25) is 0 Å². The smallest absolute Gasteiger partial charge is 0.165 e. The Bertz CT molecular complexity index is 686. The predicted octanol–water partition coefficient (Wildman–Crippen LogP) is 1.47. The van der Waals surface area contributed by atoms with Crippen LogP contribution in [-0.4, -0.2) is 56.8 Å². The monoisotopic (exact) mass is 316 g/mol. The third-order valence-corrected chi connectivity index (χ3v) is 5.14. The van der Waals surface area contributed by atoms with Gasteiger partial charge in [0, 0.05) is 26.2 Å². The third kappa shape index (κ3) is 2.90. The number of hydrogen-bond acceptors (Lipinski definition) is 6. The lowest BCUT2D eigenvalue weighted by atomic mass is 9.96. The molecule has 0 aliphatic carbocycles. The van der Waals surface area contributed by atoms with Gasteiger partial charge in [-0.1, -0.05) is 0 Å². The number of aromatic nitrogens is 4. The van der Waals surface area contributed by atoms with Crippen molar-refractivity contribution < 1.29 is 4.74 Å². The molecule has 7 nitrogen and oxygen atoms in total. The van der Waals surface area contributed by atoms with E-state index in [0.717, 1.165) is 37.7 Å². The zero-order chi connectivity index (χ0) is 15.8. The van der Waals surface area contributed by atoms with Crippen LogP contribution in [0.5, 0.6) is 0 Å². The maximum absolute atomic E-state index is 5.88. The first-order valence-electron chi connectivity index (χ1n) is 8.47. The first-order chi connectivity index (χ1) is 11.2. The van der Waals surface area contributed by atoms with E-state index in [1.54, 1.807) is 0 Å². The molecular formula is C16H24N6O. The van der Waals surface area contributed by atoms with E-state index in [1.807, 2.05) is 6.33 Å². The number of nitrogens with zero attached hydrogens (tertiary/aromatic N) is 5. The molecule has 124 valence electrons. The number of imidazole rings is 1. The number of nitrogens with two attached hydrogens (primary N) is 1. The molecule has 2 aromatic heterocycles. The fourth-order valence-corrected chi connectivity index (χ4v) is 3.96. The Labute approximate surface area is 135 Å². The Morgan fingerprint density at radius 3 is 3.09 bits per heavy atom. The molecule has 2 fully saturated rings. The topological polar surface area (TPSA) is 82.1 Å². The Morgan fingerprint density at radius 1 is 1.30 bits per heavy atom. The van der Waals surface area contributed by atoms with Gasteiger partial charge in [0.15, 0.2) is 11.5 Å². The molecule has 0 radical (unpaired) electrons. The maximum Gasteiger partial charge on any atom is 0.165 e. The first-order valence-corrected chi connectivity index (χ1v) is 8.47. The molecule has 23 heavy (non-hydrogen) atoms. The number of anilines is 1.